The zero-order chi connectivity index (χ0) is 14.3. The molecule has 0 aliphatic heterocycles. The summed E-state index contributed by atoms with van der Waals surface area (Å²) in [5.41, 5.74) is 9.46. The van der Waals surface area contributed by atoms with E-state index in [1.54, 1.807) is 12.1 Å². The Balaban J connectivity index is 0.000000191. The summed E-state index contributed by atoms with van der Waals surface area (Å²) in [7, 11) is 0. The van der Waals surface area contributed by atoms with Gasteiger partial charge in [0.05, 0.1) is 0 Å². The molecule has 0 aliphatic carbocycles. The van der Waals surface area contributed by atoms with Crippen molar-refractivity contribution >= 4 is 5.91 Å². The molecule has 0 fully saturated rings. The zero-order valence-electron chi connectivity index (χ0n) is 11.8. The number of aryl methyl sites for hydroxylation is 3. The highest BCUT2D eigenvalue weighted by Crippen LogP contribution is 2.06. The molecule has 2 heteroatoms. The number of hydrogen-bond acceptors (Lipinski definition) is 1. The molecule has 2 N–H and O–H groups in total. The van der Waals surface area contributed by atoms with Gasteiger partial charge in [-0.25, -0.2) is 0 Å². The van der Waals surface area contributed by atoms with Crippen LogP contribution in [0.15, 0.2) is 48.5 Å². The lowest BCUT2D eigenvalue weighted by Gasteiger charge is -1.98. The van der Waals surface area contributed by atoms with Gasteiger partial charge in [-0.15, -0.1) is 0 Å². The Morgan fingerprint density at radius 1 is 0.947 bits per heavy atom. The summed E-state index contributed by atoms with van der Waals surface area (Å²) in [4.78, 5) is 10.6. The molecular formula is C17H21NO. The first-order valence-corrected chi connectivity index (χ1v) is 6.46. The maximum absolute atomic E-state index is 10.6. The molecule has 2 aromatic rings. The van der Waals surface area contributed by atoms with E-state index in [-0.39, 0.29) is 5.91 Å². The first kappa shape index (κ1) is 15.0. The highest BCUT2D eigenvalue weighted by Gasteiger charge is 2.00. The molecule has 2 nitrogen and oxygen atoms in total. The molecule has 0 unspecified atom stereocenters. The van der Waals surface area contributed by atoms with E-state index in [4.69, 9.17) is 5.73 Å². The average Bonchev–Trinajstić information content (AvgIpc) is 2.40. The second-order valence-electron chi connectivity index (χ2n) is 4.46. The first-order valence-electron chi connectivity index (χ1n) is 6.46. The highest BCUT2D eigenvalue weighted by atomic mass is 16.1. The van der Waals surface area contributed by atoms with Crippen LogP contribution >= 0.6 is 0 Å². The summed E-state index contributed by atoms with van der Waals surface area (Å²) >= 11 is 0. The monoisotopic (exact) mass is 255 g/mol. The summed E-state index contributed by atoms with van der Waals surface area (Å²) in [6, 6.07) is 15.8. The van der Waals surface area contributed by atoms with E-state index in [9.17, 15) is 4.79 Å². The van der Waals surface area contributed by atoms with Gasteiger partial charge in [-0.05, 0) is 43.0 Å². The smallest absolute Gasteiger partial charge is 0.248 e. The molecule has 0 bridgehead atoms. The molecular weight excluding hydrogens is 234 g/mol. The van der Waals surface area contributed by atoms with Crippen molar-refractivity contribution in [1.82, 2.24) is 0 Å². The number of primary amides is 1. The third-order valence-electron chi connectivity index (χ3n) is 3.05. The number of amides is 1. The molecule has 0 spiro atoms. The predicted molar refractivity (Wildman–Crippen MR) is 80.3 cm³/mol. The topological polar surface area (TPSA) is 43.1 Å². The maximum Gasteiger partial charge on any atom is 0.248 e. The summed E-state index contributed by atoms with van der Waals surface area (Å²) in [6.45, 7) is 6.20. The number of nitrogens with two attached hydrogens (primary N) is 1. The zero-order valence-corrected chi connectivity index (χ0v) is 11.8. The Morgan fingerprint density at radius 2 is 1.47 bits per heavy atom. The van der Waals surface area contributed by atoms with Gasteiger partial charge in [-0.3, -0.25) is 4.79 Å². The Kier molecular flexibility index (Phi) is 5.80. The van der Waals surface area contributed by atoms with Gasteiger partial charge in [0.2, 0.25) is 5.91 Å². The van der Waals surface area contributed by atoms with E-state index in [0.717, 1.165) is 12.0 Å². The van der Waals surface area contributed by atoms with E-state index >= 15 is 0 Å². The van der Waals surface area contributed by atoms with E-state index in [1.165, 1.54) is 11.1 Å². The van der Waals surface area contributed by atoms with Gasteiger partial charge in [0.15, 0.2) is 0 Å². The predicted octanol–water partition coefficient (Wildman–Crippen LogP) is 3.65. The fourth-order valence-electron chi connectivity index (χ4n) is 1.86. The number of carbonyl (C=O) groups is 1. The minimum Gasteiger partial charge on any atom is -0.366 e. The molecule has 19 heavy (non-hydrogen) atoms. The quantitative estimate of drug-likeness (QED) is 0.874. The van der Waals surface area contributed by atoms with E-state index < -0.39 is 0 Å². The molecule has 0 radical (unpaired) electrons. The Hall–Kier alpha value is -2.09. The molecule has 0 aliphatic rings. The molecule has 0 atom stereocenters. The SMILES string of the molecule is CCc1ccccc1C.Cc1ccccc1C(N)=O. The number of carbonyl (C=O) groups excluding carboxylic acids is 1. The van der Waals surface area contributed by atoms with Crippen molar-refractivity contribution in [2.24, 2.45) is 5.73 Å². The van der Waals surface area contributed by atoms with Crippen molar-refractivity contribution in [3.05, 3.63) is 70.8 Å². The van der Waals surface area contributed by atoms with Crippen molar-refractivity contribution in [3.8, 4) is 0 Å². The molecule has 0 aromatic heterocycles. The molecule has 1 amide bonds. The van der Waals surface area contributed by atoms with Crippen LogP contribution < -0.4 is 5.73 Å². The van der Waals surface area contributed by atoms with Crippen molar-refractivity contribution in [2.75, 3.05) is 0 Å². The van der Waals surface area contributed by atoms with Crippen molar-refractivity contribution in [3.63, 3.8) is 0 Å². The van der Waals surface area contributed by atoms with Crippen molar-refractivity contribution < 1.29 is 4.79 Å². The highest BCUT2D eigenvalue weighted by molar-refractivity contribution is 5.94. The average molecular weight is 255 g/mol. The van der Waals surface area contributed by atoms with Crippen LogP contribution in [0.25, 0.3) is 0 Å². The molecule has 0 saturated carbocycles. The molecule has 100 valence electrons. The van der Waals surface area contributed by atoms with Crippen LogP contribution in [0.5, 0.6) is 0 Å². The Morgan fingerprint density at radius 3 is 1.84 bits per heavy atom. The fourth-order valence-corrected chi connectivity index (χ4v) is 1.86. The second kappa shape index (κ2) is 7.37. The molecule has 0 heterocycles. The minimum atomic E-state index is -0.363. The molecule has 0 saturated heterocycles. The second-order valence-corrected chi connectivity index (χ2v) is 4.46. The van der Waals surface area contributed by atoms with E-state index in [0.29, 0.717) is 5.56 Å². The summed E-state index contributed by atoms with van der Waals surface area (Å²) in [6.07, 6.45) is 1.15. The van der Waals surface area contributed by atoms with Crippen LogP contribution in [0.1, 0.15) is 34.0 Å². The van der Waals surface area contributed by atoms with Gasteiger partial charge in [-0.2, -0.15) is 0 Å². The normalized spacial score (nSPS) is 9.42. The van der Waals surface area contributed by atoms with Gasteiger partial charge < -0.3 is 5.73 Å². The lowest BCUT2D eigenvalue weighted by molar-refractivity contribution is 0.0999. The third kappa shape index (κ3) is 4.59. The Bertz CT molecular complexity index is 546. The van der Waals surface area contributed by atoms with Crippen LogP contribution in [0.4, 0.5) is 0 Å². The lowest BCUT2D eigenvalue weighted by atomic mass is 10.1. The number of hydrogen-bond donors (Lipinski definition) is 1. The van der Waals surface area contributed by atoms with E-state index in [1.807, 2.05) is 19.1 Å². The lowest BCUT2D eigenvalue weighted by Crippen LogP contribution is -2.12. The summed E-state index contributed by atoms with van der Waals surface area (Å²) in [5.74, 6) is -0.363. The van der Waals surface area contributed by atoms with Crippen molar-refractivity contribution in [2.45, 2.75) is 27.2 Å². The van der Waals surface area contributed by atoms with Crippen LogP contribution in [0.2, 0.25) is 0 Å². The molecule has 2 aromatic carbocycles. The number of rotatable bonds is 2. The first-order chi connectivity index (χ1) is 9.06. The van der Waals surface area contributed by atoms with Gasteiger partial charge in [0, 0.05) is 5.56 Å². The van der Waals surface area contributed by atoms with Crippen LogP contribution in [0, 0.1) is 13.8 Å². The van der Waals surface area contributed by atoms with Gasteiger partial charge in [0.25, 0.3) is 0 Å². The fraction of sp³-hybridized carbons (Fsp3) is 0.235. The van der Waals surface area contributed by atoms with Crippen LogP contribution in [-0.2, 0) is 6.42 Å². The van der Waals surface area contributed by atoms with E-state index in [2.05, 4.69) is 38.1 Å². The van der Waals surface area contributed by atoms with Gasteiger partial charge >= 0.3 is 0 Å². The van der Waals surface area contributed by atoms with Gasteiger partial charge in [-0.1, -0.05) is 49.4 Å². The summed E-state index contributed by atoms with van der Waals surface area (Å²) < 4.78 is 0. The third-order valence-corrected chi connectivity index (χ3v) is 3.05. The van der Waals surface area contributed by atoms with Crippen molar-refractivity contribution in [1.29, 1.82) is 0 Å². The van der Waals surface area contributed by atoms with Gasteiger partial charge in [0.1, 0.15) is 0 Å². The van der Waals surface area contributed by atoms with Crippen LogP contribution in [-0.4, -0.2) is 5.91 Å². The number of benzene rings is 2. The van der Waals surface area contributed by atoms with Crippen LogP contribution in [0.3, 0.4) is 0 Å². The Labute approximate surface area is 115 Å². The summed E-state index contributed by atoms with van der Waals surface area (Å²) in [5, 5.41) is 0. The minimum absolute atomic E-state index is 0.363. The largest absolute Gasteiger partial charge is 0.366 e. The maximum atomic E-state index is 10.6. The molecule has 2 rings (SSSR count). The standard InChI is InChI=1S/C9H12.C8H9NO/c1-3-9-7-5-4-6-8(9)2;1-6-4-2-3-5-7(6)8(9)10/h4-7H,3H2,1-2H3;2-5H,1H3,(H2,9,10).